The molecule has 2 aromatic rings. The molecule has 0 saturated heterocycles. The number of aliphatic hydroxyl groups excluding tert-OH is 1. The molecule has 35 heavy (non-hydrogen) atoms. The monoisotopic (exact) mass is 505 g/mol. The predicted octanol–water partition coefficient (Wildman–Crippen LogP) is 6.00. The topological polar surface area (TPSA) is 76.5 Å². The van der Waals surface area contributed by atoms with E-state index in [0.29, 0.717) is 41.3 Å². The normalized spacial score (nSPS) is 24.4. The highest BCUT2D eigenvalue weighted by Gasteiger charge is 2.34. The summed E-state index contributed by atoms with van der Waals surface area (Å²) < 4.78 is 32.5. The molecule has 0 bridgehead atoms. The summed E-state index contributed by atoms with van der Waals surface area (Å²) in [6.45, 7) is 0.831. The number of pyridine rings is 1. The Hall–Kier alpha value is -2.38. The number of carbonyl (C=O) groups is 2. The number of ketones is 2. The van der Waals surface area contributed by atoms with Gasteiger partial charge >= 0.3 is 0 Å². The Morgan fingerprint density at radius 1 is 1.14 bits per heavy atom. The minimum absolute atomic E-state index is 0.0217. The van der Waals surface area contributed by atoms with E-state index < -0.39 is 18.1 Å². The quantitative estimate of drug-likeness (QED) is 0.476. The first-order chi connectivity index (χ1) is 16.6. The van der Waals surface area contributed by atoms with Gasteiger partial charge in [0, 0.05) is 60.1 Å². The largest absolute Gasteiger partial charge is 0.482 e. The van der Waals surface area contributed by atoms with E-state index in [4.69, 9.17) is 16.3 Å². The van der Waals surface area contributed by atoms with Crippen molar-refractivity contribution in [2.45, 2.75) is 76.4 Å². The average Bonchev–Trinajstić information content (AvgIpc) is 2.83. The van der Waals surface area contributed by atoms with Crippen LogP contribution in [-0.4, -0.2) is 27.8 Å². The van der Waals surface area contributed by atoms with Crippen LogP contribution in [0.3, 0.4) is 0 Å². The summed E-state index contributed by atoms with van der Waals surface area (Å²) >= 11 is 5.99. The van der Waals surface area contributed by atoms with Gasteiger partial charge in [0.25, 0.3) is 5.92 Å². The number of halogens is 3. The van der Waals surface area contributed by atoms with Crippen LogP contribution in [0.2, 0.25) is 5.02 Å². The molecule has 4 rings (SSSR count). The van der Waals surface area contributed by atoms with E-state index in [9.17, 15) is 23.5 Å². The second-order valence-electron chi connectivity index (χ2n) is 9.82. The van der Waals surface area contributed by atoms with E-state index in [0.717, 1.165) is 32.6 Å². The molecule has 0 amide bonds. The summed E-state index contributed by atoms with van der Waals surface area (Å²) in [7, 11) is 0. The van der Waals surface area contributed by atoms with Gasteiger partial charge in [-0.25, -0.2) is 8.78 Å². The van der Waals surface area contributed by atoms with E-state index in [1.165, 1.54) is 12.3 Å². The number of benzene rings is 1. The van der Waals surface area contributed by atoms with Crippen LogP contribution in [0.5, 0.6) is 5.75 Å². The lowest BCUT2D eigenvalue weighted by molar-refractivity contribution is -0.129. The summed E-state index contributed by atoms with van der Waals surface area (Å²) in [5, 5.41) is 10.9. The molecule has 1 aromatic carbocycles. The molecule has 5 nitrogen and oxygen atoms in total. The Bertz CT molecular complexity index is 1060. The number of ether oxygens (including phenoxy) is 1. The minimum atomic E-state index is -2.93. The molecule has 1 fully saturated rings. The lowest BCUT2D eigenvalue weighted by Crippen LogP contribution is -2.35. The van der Waals surface area contributed by atoms with E-state index in [-0.39, 0.29) is 35.4 Å². The van der Waals surface area contributed by atoms with E-state index in [2.05, 4.69) is 4.98 Å². The van der Waals surface area contributed by atoms with Crippen LogP contribution in [-0.2, 0) is 21.9 Å². The van der Waals surface area contributed by atoms with Crippen molar-refractivity contribution in [1.29, 1.82) is 0 Å². The average molecular weight is 506 g/mol. The summed E-state index contributed by atoms with van der Waals surface area (Å²) in [5.74, 6) is -2.13. The molecule has 1 aliphatic heterocycles. The maximum Gasteiger partial charge on any atom is 0.272 e. The fourth-order valence-corrected chi connectivity index (χ4v) is 5.19. The summed E-state index contributed by atoms with van der Waals surface area (Å²) in [4.78, 5) is 29.6. The lowest BCUT2D eigenvalue weighted by atomic mass is 9.77. The number of rotatable bonds is 8. The summed E-state index contributed by atoms with van der Waals surface area (Å²) in [6, 6.07) is 7.93. The Kier molecular flexibility index (Phi) is 7.86. The Morgan fingerprint density at radius 3 is 2.54 bits per heavy atom. The van der Waals surface area contributed by atoms with Crippen LogP contribution in [0.25, 0.3) is 0 Å². The van der Waals surface area contributed by atoms with Gasteiger partial charge in [-0.15, -0.1) is 0 Å². The van der Waals surface area contributed by atoms with Crippen molar-refractivity contribution in [1.82, 2.24) is 4.98 Å². The third kappa shape index (κ3) is 6.44. The van der Waals surface area contributed by atoms with Crippen LogP contribution in [0.4, 0.5) is 8.78 Å². The lowest BCUT2D eigenvalue weighted by Gasteiger charge is -2.31. The SMILES string of the molecule is CC(F)(F)c1ccc(CCC(=O)C2CCC(CC(=O)[C@@H]3C[C@@H](O)c4cc(Cl)ccc4O3)CC2)nc1. The third-order valence-electron chi connectivity index (χ3n) is 7.15. The van der Waals surface area contributed by atoms with Crippen molar-refractivity contribution in [3.63, 3.8) is 0 Å². The maximum atomic E-state index is 13.3. The number of aromatic nitrogens is 1. The fourth-order valence-electron chi connectivity index (χ4n) is 5.01. The van der Waals surface area contributed by atoms with Gasteiger partial charge in [-0.05, 0) is 68.4 Å². The number of aliphatic hydroxyl groups is 1. The van der Waals surface area contributed by atoms with Crippen molar-refractivity contribution in [3.8, 4) is 5.75 Å². The Labute approximate surface area is 208 Å². The van der Waals surface area contributed by atoms with Gasteiger partial charge < -0.3 is 9.84 Å². The fraction of sp³-hybridized carbons (Fsp3) is 0.519. The van der Waals surface area contributed by atoms with Crippen LogP contribution < -0.4 is 4.74 Å². The number of hydrogen-bond donors (Lipinski definition) is 1. The zero-order valence-electron chi connectivity index (χ0n) is 19.7. The van der Waals surface area contributed by atoms with Crippen molar-refractivity contribution in [2.24, 2.45) is 11.8 Å². The molecule has 1 N–H and O–H groups in total. The van der Waals surface area contributed by atoms with Crippen LogP contribution in [0.1, 0.15) is 74.8 Å². The number of nitrogens with zero attached hydrogens (tertiary/aromatic N) is 1. The molecule has 1 saturated carbocycles. The molecule has 2 aliphatic rings. The van der Waals surface area contributed by atoms with Crippen LogP contribution in [0, 0.1) is 11.8 Å². The number of alkyl halides is 2. The van der Waals surface area contributed by atoms with Crippen molar-refractivity contribution in [3.05, 3.63) is 58.4 Å². The van der Waals surface area contributed by atoms with Crippen molar-refractivity contribution >= 4 is 23.2 Å². The van der Waals surface area contributed by atoms with Crippen molar-refractivity contribution in [2.75, 3.05) is 0 Å². The van der Waals surface area contributed by atoms with Gasteiger partial charge in [0.05, 0.1) is 6.10 Å². The first-order valence-electron chi connectivity index (χ1n) is 12.1. The standard InChI is InChI=1S/C27H30ClF2NO4/c1-27(29,30)18-6-8-20(31-15-18)9-10-22(32)17-4-2-16(3-5-17)12-24(34)26-14-23(33)21-13-19(28)7-11-25(21)35-26/h6-8,11,13,15-17,23,26,33H,2-5,9-10,12,14H2,1H3/t16?,17?,23-,26+/m1/s1. The molecule has 0 spiro atoms. The molecule has 1 aromatic heterocycles. The second-order valence-corrected chi connectivity index (χ2v) is 10.3. The first kappa shape index (κ1) is 25.7. The van der Waals surface area contributed by atoms with Gasteiger partial charge in [-0.3, -0.25) is 14.6 Å². The molecule has 188 valence electrons. The Morgan fingerprint density at radius 2 is 1.89 bits per heavy atom. The molecule has 1 aliphatic carbocycles. The number of fused-ring (bicyclic) bond motifs is 1. The van der Waals surface area contributed by atoms with Crippen molar-refractivity contribution < 1.29 is 28.2 Å². The molecular weight excluding hydrogens is 476 g/mol. The molecule has 8 heteroatoms. The number of aryl methyl sites for hydroxylation is 1. The van der Waals surface area contributed by atoms with E-state index in [1.54, 1.807) is 24.3 Å². The van der Waals surface area contributed by atoms with Gasteiger partial charge in [0.15, 0.2) is 11.9 Å². The van der Waals surface area contributed by atoms with Gasteiger partial charge in [0.2, 0.25) is 0 Å². The summed E-state index contributed by atoms with van der Waals surface area (Å²) in [5.41, 5.74) is 1.10. The van der Waals surface area contributed by atoms with Gasteiger partial charge in [0.1, 0.15) is 11.5 Å². The molecule has 0 unspecified atom stereocenters. The Balaban J connectivity index is 1.22. The number of hydrogen-bond acceptors (Lipinski definition) is 5. The molecule has 0 radical (unpaired) electrons. The zero-order valence-corrected chi connectivity index (χ0v) is 20.4. The highest BCUT2D eigenvalue weighted by atomic mass is 35.5. The van der Waals surface area contributed by atoms with Gasteiger partial charge in [-0.2, -0.15) is 0 Å². The second kappa shape index (κ2) is 10.7. The van der Waals surface area contributed by atoms with Crippen LogP contribution >= 0.6 is 11.6 Å². The minimum Gasteiger partial charge on any atom is -0.482 e. The molecule has 2 atom stereocenters. The predicted molar refractivity (Wildman–Crippen MR) is 128 cm³/mol. The first-order valence-corrected chi connectivity index (χ1v) is 12.5. The molecule has 2 heterocycles. The number of carbonyl (C=O) groups excluding carboxylic acids is 2. The van der Waals surface area contributed by atoms with Crippen LogP contribution in [0.15, 0.2) is 36.5 Å². The highest BCUT2D eigenvalue weighted by Crippen LogP contribution is 2.38. The third-order valence-corrected chi connectivity index (χ3v) is 7.38. The van der Waals surface area contributed by atoms with Gasteiger partial charge in [-0.1, -0.05) is 11.6 Å². The van der Waals surface area contributed by atoms with E-state index >= 15 is 0 Å². The zero-order chi connectivity index (χ0) is 25.2. The summed E-state index contributed by atoms with van der Waals surface area (Å²) in [6.07, 6.45) is 4.12. The smallest absolute Gasteiger partial charge is 0.272 e. The number of Topliss-reactive ketones (excluding diaryl/α,β-unsaturated/α-hetero) is 2. The van der Waals surface area contributed by atoms with E-state index in [1.807, 2.05) is 0 Å². The molecular formula is C27H30ClF2NO4. The highest BCUT2D eigenvalue weighted by molar-refractivity contribution is 6.30. The maximum absolute atomic E-state index is 13.3.